The maximum absolute atomic E-state index is 12.0. The van der Waals surface area contributed by atoms with Crippen molar-refractivity contribution in [2.24, 2.45) is 0 Å². The molecule has 28 heavy (non-hydrogen) atoms. The first kappa shape index (κ1) is 21.4. The molecule has 0 aliphatic carbocycles. The molecule has 0 aliphatic rings. The zero-order valence-electron chi connectivity index (χ0n) is 15.5. The van der Waals surface area contributed by atoms with Gasteiger partial charge in [-0.25, -0.2) is 0 Å². The molecular formula is C20H22ClN3O4. The number of hydrogen-bond donors (Lipinski definition) is 3. The number of methoxy groups -OCH3 is 1. The van der Waals surface area contributed by atoms with Crippen LogP contribution >= 0.6 is 11.6 Å². The maximum Gasteiger partial charge on any atom is 0.251 e. The van der Waals surface area contributed by atoms with Crippen molar-refractivity contribution < 1.29 is 19.1 Å². The summed E-state index contributed by atoms with van der Waals surface area (Å²) in [7, 11) is 1.45. The van der Waals surface area contributed by atoms with Crippen molar-refractivity contribution in [2.45, 2.75) is 12.8 Å². The van der Waals surface area contributed by atoms with Crippen LogP contribution in [0.3, 0.4) is 0 Å². The van der Waals surface area contributed by atoms with E-state index in [1.807, 2.05) is 0 Å². The van der Waals surface area contributed by atoms with E-state index in [1.54, 1.807) is 48.5 Å². The Hall–Kier alpha value is -2.90. The quantitative estimate of drug-likeness (QED) is 0.560. The maximum atomic E-state index is 12.0. The van der Waals surface area contributed by atoms with E-state index in [-0.39, 0.29) is 30.7 Å². The van der Waals surface area contributed by atoms with Crippen molar-refractivity contribution in [1.82, 2.24) is 5.32 Å². The molecule has 0 atom stereocenters. The van der Waals surface area contributed by atoms with Crippen LogP contribution in [0.4, 0.5) is 11.4 Å². The molecule has 0 aliphatic heterocycles. The summed E-state index contributed by atoms with van der Waals surface area (Å²) in [6.07, 6.45) is 0.781. The summed E-state index contributed by atoms with van der Waals surface area (Å²) in [5.41, 5.74) is 1.76. The molecule has 0 unspecified atom stereocenters. The zero-order valence-corrected chi connectivity index (χ0v) is 16.2. The van der Waals surface area contributed by atoms with Gasteiger partial charge in [0, 0.05) is 42.0 Å². The molecule has 0 fully saturated rings. The summed E-state index contributed by atoms with van der Waals surface area (Å²) in [6, 6.07) is 13.4. The fraction of sp³-hybridized carbons (Fsp3) is 0.250. The molecule has 148 valence electrons. The summed E-state index contributed by atoms with van der Waals surface area (Å²) < 4.78 is 4.74. The van der Waals surface area contributed by atoms with Crippen molar-refractivity contribution in [3.8, 4) is 0 Å². The van der Waals surface area contributed by atoms with Crippen LogP contribution in [0.1, 0.15) is 23.2 Å². The van der Waals surface area contributed by atoms with Crippen molar-refractivity contribution in [3.05, 3.63) is 59.1 Å². The molecule has 0 spiro atoms. The average molecular weight is 404 g/mol. The Morgan fingerprint density at radius 3 is 2.04 bits per heavy atom. The van der Waals surface area contributed by atoms with Crippen LogP contribution in [0.5, 0.6) is 0 Å². The number of anilines is 2. The second-order valence-electron chi connectivity index (χ2n) is 5.97. The molecule has 2 rings (SSSR count). The van der Waals surface area contributed by atoms with E-state index in [0.717, 1.165) is 0 Å². The van der Waals surface area contributed by atoms with Gasteiger partial charge in [0.25, 0.3) is 5.91 Å². The Morgan fingerprint density at radius 2 is 1.46 bits per heavy atom. The number of hydrogen-bond acceptors (Lipinski definition) is 4. The number of carbonyl (C=O) groups excluding carboxylic acids is 3. The molecule has 0 saturated heterocycles. The number of carbonyl (C=O) groups is 3. The molecule has 0 aromatic heterocycles. The standard InChI is InChI=1S/C20H22ClN3O4/c1-28-13-19(26)24-17-10-8-16(9-11-17)23-18(25)3-2-12-22-20(27)14-4-6-15(21)7-5-14/h4-11H,2-3,12-13H2,1H3,(H,22,27)(H,23,25)(H,24,26). The normalized spacial score (nSPS) is 10.2. The van der Waals surface area contributed by atoms with Crippen molar-refractivity contribution in [3.63, 3.8) is 0 Å². The molecule has 0 heterocycles. The van der Waals surface area contributed by atoms with E-state index in [1.165, 1.54) is 7.11 Å². The third kappa shape index (κ3) is 7.38. The Balaban J connectivity index is 1.68. The highest BCUT2D eigenvalue weighted by molar-refractivity contribution is 6.30. The van der Waals surface area contributed by atoms with Crippen LogP contribution in [0.15, 0.2) is 48.5 Å². The number of benzene rings is 2. The number of ether oxygens (including phenoxy) is 1. The van der Waals surface area contributed by atoms with Crippen LogP contribution in [0.25, 0.3) is 0 Å². The van der Waals surface area contributed by atoms with E-state index in [4.69, 9.17) is 16.3 Å². The third-order valence-electron chi connectivity index (χ3n) is 3.70. The summed E-state index contributed by atoms with van der Waals surface area (Å²) >= 11 is 5.79. The largest absolute Gasteiger partial charge is 0.375 e. The zero-order chi connectivity index (χ0) is 20.4. The molecule has 7 nitrogen and oxygen atoms in total. The second kappa shape index (κ2) is 11.1. The van der Waals surface area contributed by atoms with E-state index < -0.39 is 0 Å². The monoisotopic (exact) mass is 403 g/mol. The van der Waals surface area contributed by atoms with Crippen molar-refractivity contribution >= 4 is 40.7 Å². The fourth-order valence-corrected chi connectivity index (χ4v) is 2.47. The van der Waals surface area contributed by atoms with Gasteiger partial charge in [0.1, 0.15) is 6.61 Å². The van der Waals surface area contributed by atoms with E-state index in [9.17, 15) is 14.4 Å². The minimum absolute atomic E-state index is 0.0208. The summed E-state index contributed by atoms with van der Waals surface area (Å²) in [5, 5.41) is 8.77. The molecule has 0 radical (unpaired) electrons. The number of nitrogens with one attached hydrogen (secondary N) is 3. The Morgan fingerprint density at radius 1 is 0.893 bits per heavy atom. The molecule has 8 heteroatoms. The smallest absolute Gasteiger partial charge is 0.251 e. The van der Waals surface area contributed by atoms with Gasteiger partial charge in [-0.3, -0.25) is 14.4 Å². The number of halogens is 1. The predicted octanol–water partition coefficient (Wildman–Crippen LogP) is 3.07. The van der Waals surface area contributed by atoms with Crippen LogP contribution < -0.4 is 16.0 Å². The topological polar surface area (TPSA) is 96.5 Å². The van der Waals surface area contributed by atoms with Crippen LogP contribution in [0, 0.1) is 0 Å². The Kier molecular flexibility index (Phi) is 8.45. The molecule has 2 aromatic carbocycles. The van der Waals surface area contributed by atoms with Crippen LogP contribution in [-0.4, -0.2) is 38.0 Å². The van der Waals surface area contributed by atoms with Gasteiger partial charge in [0.05, 0.1) is 0 Å². The Labute approximate surface area is 168 Å². The minimum Gasteiger partial charge on any atom is -0.375 e. The highest BCUT2D eigenvalue weighted by Gasteiger charge is 2.07. The lowest BCUT2D eigenvalue weighted by molar-refractivity contribution is -0.119. The highest BCUT2D eigenvalue weighted by atomic mass is 35.5. The van der Waals surface area contributed by atoms with Crippen molar-refractivity contribution in [2.75, 3.05) is 30.9 Å². The van der Waals surface area contributed by atoms with Gasteiger partial charge in [-0.05, 0) is 55.0 Å². The Bertz CT molecular complexity index is 807. The first-order valence-corrected chi connectivity index (χ1v) is 9.08. The summed E-state index contributed by atoms with van der Waals surface area (Å²) in [5.74, 6) is -0.611. The second-order valence-corrected chi connectivity index (χ2v) is 6.41. The van der Waals surface area contributed by atoms with Gasteiger partial charge < -0.3 is 20.7 Å². The molecule has 0 saturated carbocycles. The van der Waals surface area contributed by atoms with Gasteiger partial charge in [0.15, 0.2) is 0 Å². The SMILES string of the molecule is COCC(=O)Nc1ccc(NC(=O)CCCNC(=O)c2ccc(Cl)cc2)cc1. The highest BCUT2D eigenvalue weighted by Crippen LogP contribution is 2.14. The van der Waals surface area contributed by atoms with Crippen molar-refractivity contribution in [1.29, 1.82) is 0 Å². The summed E-state index contributed by atoms with van der Waals surface area (Å²) in [4.78, 5) is 35.4. The third-order valence-corrected chi connectivity index (χ3v) is 3.95. The van der Waals surface area contributed by atoms with E-state index in [2.05, 4.69) is 16.0 Å². The van der Waals surface area contributed by atoms with Crippen LogP contribution in [0.2, 0.25) is 5.02 Å². The number of rotatable bonds is 9. The molecule has 3 amide bonds. The minimum atomic E-state index is -0.250. The molecule has 0 bridgehead atoms. The average Bonchev–Trinajstić information content (AvgIpc) is 2.67. The number of amides is 3. The first-order chi connectivity index (χ1) is 13.5. The fourth-order valence-electron chi connectivity index (χ4n) is 2.34. The van der Waals surface area contributed by atoms with E-state index >= 15 is 0 Å². The molecule has 2 aromatic rings. The van der Waals surface area contributed by atoms with Gasteiger partial charge >= 0.3 is 0 Å². The van der Waals surface area contributed by atoms with Gasteiger partial charge in [-0.1, -0.05) is 11.6 Å². The van der Waals surface area contributed by atoms with E-state index in [0.29, 0.717) is 34.9 Å². The molecular weight excluding hydrogens is 382 g/mol. The molecule has 3 N–H and O–H groups in total. The first-order valence-electron chi connectivity index (χ1n) is 8.70. The predicted molar refractivity (Wildman–Crippen MR) is 109 cm³/mol. The lowest BCUT2D eigenvalue weighted by atomic mass is 10.2. The van der Waals surface area contributed by atoms with Crippen LogP contribution in [-0.2, 0) is 14.3 Å². The van der Waals surface area contributed by atoms with Gasteiger partial charge in [0.2, 0.25) is 11.8 Å². The summed E-state index contributed by atoms with van der Waals surface area (Å²) in [6.45, 7) is 0.367. The van der Waals surface area contributed by atoms with Gasteiger partial charge in [-0.2, -0.15) is 0 Å². The van der Waals surface area contributed by atoms with Gasteiger partial charge in [-0.15, -0.1) is 0 Å². The lowest BCUT2D eigenvalue weighted by Gasteiger charge is -2.08. The lowest BCUT2D eigenvalue weighted by Crippen LogP contribution is -2.25.